The van der Waals surface area contributed by atoms with E-state index in [9.17, 15) is 4.79 Å². The lowest BCUT2D eigenvalue weighted by atomic mass is 10.0. The normalized spacial score (nSPS) is 12.8. The van der Waals surface area contributed by atoms with Crippen molar-refractivity contribution in [3.05, 3.63) is 64.8 Å². The van der Waals surface area contributed by atoms with Crippen LogP contribution < -0.4 is 15.4 Å². The molecule has 6 nitrogen and oxygen atoms in total. The van der Waals surface area contributed by atoms with Crippen LogP contribution in [0.15, 0.2) is 48.7 Å². The van der Waals surface area contributed by atoms with Crippen LogP contribution in [0, 0.1) is 0 Å². The summed E-state index contributed by atoms with van der Waals surface area (Å²) in [6.07, 6.45) is 4.00. The van der Waals surface area contributed by atoms with Crippen LogP contribution in [0.1, 0.15) is 17.5 Å². The minimum Gasteiger partial charge on any atom is -0.493 e. The van der Waals surface area contributed by atoms with Crippen molar-refractivity contribution in [2.24, 2.45) is 0 Å². The van der Waals surface area contributed by atoms with E-state index in [4.69, 9.17) is 21.4 Å². The molecule has 2 heterocycles. The molecule has 0 aliphatic carbocycles. The highest BCUT2D eigenvalue weighted by Crippen LogP contribution is 2.30. The van der Waals surface area contributed by atoms with Crippen molar-refractivity contribution in [3.63, 3.8) is 0 Å². The van der Waals surface area contributed by atoms with Crippen LogP contribution in [-0.4, -0.2) is 29.5 Å². The van der Waals surface area contributed by atoms with Crippen LogP contribution in [0.4, 0.5) is 4.79 Å². The molecule has 144 valence electrons. The highest BCUT2D eigenvalue weighted by Gasteiger charge is 2.13. The number of hydrogen-bond donors (Lipinski definition) is 2. The second-order valence-corrected chi connectivity index (χ2v) is 7.04. The first-order valence-electron chi connectivity index (χ1n) is 9.20. The predicted molar refractivity (Wildman–Crippen MR) is 109 cm³/mol. The zero-order chi connectivity index (χ0) is 19.5. The van der Waals surface area contributed by atoms with E-state index in [0.29, 0.717) is 11.6 Å². The monoisotopic (exact) mass is 396 g/mol. The SMILES string of the molecule is CNC(=O)NCc1cc(-n2ccc(-c3ccc4c(c3)CCCO4)n2)ccc1Cl. The van der Waals surface area contributed by atoms with Gasteiger partial charge in [0, 0.05) is 30.4 Å². The van der Waals surface area contributed by atoms with Gasteiger partial charge in [-0.05, 0) is 66.4 Å². The first kappa shape index (κ1) is 18.4. The molecule has 1 aliphatic heterocycles. The molecule has 0 unspecified atom stereocenters. The Balaban J connectivity index is 1.58. The molecule has 1 aromatic heterocycles. The second-order valence-electron chi connectivity index (χ2n) is 6.63. The van der Waals surface area contributed by atoms with E-state index in [-0.39, 0.29) is 6.03 Å². The number of amides is 2. The summed E-state index contributed by atoms with van der Waals surface area (Å²) in [4.78, 5) is 11.4. The van der Waals surface area contributed by atoms with Crippen molar-refractivity contribution < 1.29 is 9.53 Å². The number of rotatable bonds is 4. The number of halogens is 1. The molecule has 2 aromatic carbocycles. The first-order valence-corrected chi connectivity index (χ1v) is 9.58. The van der Waals surface area contributed by atoms with E-state index in [1.54, 1.807) is 7.05 Å². The standard InChI is InChI=1S/C21H21ClN4O2/c1-23-21(27)24-13-16-12-17(5-6-18(16)22)26-9-8-19(25-26)14-4-7-20-15(11-14)3-2-10-28-20/h4-9,11-12H,2-3,10,13H2,1H3,(H2,23,24,27). The molecule has 0 fully saturated rings. The number of urea groups is 1. The fourth-order valence-corrected chi connectivity index (χ4v) is 3.43. The van der Waals surface area contributed by atoms with Crippen LogP contribution in [0.25, 0.3) is 16.9 Å². The smallest absolute Gasteiger partial charge is 0.314 e. The van der Waals surface area contributed by atoms with Gasteiger partial charge in [0.2, 0.25) is 0 Å². The number of carbonyl (C=O) groups is 1. The third-order valence-corrected chi connectivity index (χ3v) is 5.12. The molecule has 2 N–H and O–H groups in total. The summed E-state index contributed by atoms with van der Waals surface area (Å²) in [7, 11) is 1.57. The quantitative estimate of drug-likeness (QED) is 0.701. The Labute approximate surface area is 168 Å². The van der Waals surface area contributed by atoms with Gasteiger partial charge in [0.05, 0.1) is 18.0 Å². The molecule has 28 heavy (non-hydrogen) atoms. The molecule has 0 saturated heterocycles. The van der Waals surface area contributed by atoms with E-state index in [0.717, 1.165) is 47.7 Å². The number of aromatic nitrogens is 2. The largest absolute Gasteiger partial charge is 0.493 e. The van der Waals surface area contributed by atoms with E-state index in [2.05, 4.69) is 16.7 Å². The summed E-state index contributed by atoms with van der Waals surface area (Å²) in [6, 6.07) is 13.6. The molecule has 0 saturated carbocycles. The Kier molecular flexibility index (Phi) is 5.21. The average molecular weight is 397 g/mol. The fourth-order valence-electron chi connectivity index (χ4n) is 3.24. The van der Waals surface area contributed by atoms with Crippen LogP contribution in [0.2, 0.25) is 5.02 Å². The van der Waals surface area contributed by atoms with Gasteiger partial charge in [-0.15, -0.1) is 0 Å². The van der Waals surface area contributed by atoms with Gasteiger partial charge in [-0.2, -0.15) is 5.10 Å². The Morgan fingerprint density at radius 3 is 3.00 bits per heavy atom. The van der Waals surface area contributed by atoms with Gasteiger partial charge < -0.3 is 15.4 Å². The van der Waals surface area contributed by atoms with Gasteiger partial charge in [0.15, 0.2) is 0 Å². The lowest BCUT2D eigenvalue weighted by molar-refractivity contribution is 0.242. The van der Waals surface area contributed by atoms with Crippen LogP contribution in [0.3, 0.4) is 0 Å². The zero-order valence-corrected chi connectivity index (χ0v) is 16.3. The molecule has 1 aliphatic rings. The number of hydrogen-bond acceptors (Lipinski definition) is 3. The molecular weight excluding hydrogens is 376 g/mol. The Hall–Kier alpha value is -2.99. The maximum absolute atomic E-state index is 11.4. The van der Waals surface area contributed by atoms with Crippen LogP contribution >= 0.6 is 11.6 Å². The van der Waals surface area contributed by atoms with Crippen molar-refractivity contribution in [2.45, 2.75) is 19.4 Å². The number of carbonyl (C=O) groups excluding carboxylic acids is 1. The van der Waals surface area contributed by atoms with Gasteiger partial charge in [-0.3, -0.25) is 0 Å². The van der Waals surface area contributed by atoms with Crippen LogP contribution in [0.5, 0.6) is 5.75 Å². The molecular formula is C21H21ClN4O2. The molecule has 0 atom stereocenters. The van der Waals surface area contributed by atoms with Crippen molar-refractivity contribution in [2.75, 3.05) is 13.7 Å². The summed E-state index contributed by atoms with van der Waals surface area (Å²) in [5, 5.41) is 10.6. The molecule has 4 rings (SSSR count). The lowest BCUT2D eigenvalue weighted by Gasteiger charge is -2.17. The second kappa shape index (κ2) is 7.94. The van der Waals surface area contributed by atoms with Gasteiger partial charge in [-0.25, -0.2) is 9.48 Å². The summed E-state index contributed by atoms with van der Waals surface area (Å²) in [5.41, 5.74) is 4.90. The van der Waals surface area contributed by atoms with Gasteiger partial charge in [-0.1, -0.05) is 11.6 Å². The van der Waals surface area contributed by atoms with Crippen molar-refractivity contribution in [1.29, 1.82) is 0 Å². The predicted octanol–water partition coefficient (Wildman–Crippen LogP) is 3.95. The van der Waals surface area contributed by atoms with E-state index in [1.807, 2.05) is 47.3 Å². The lowest BCUT2D eigenvalue weighted by Crippen LogP contribution is -2.32. The molecule has 3 aromatic rings. The minimum absolute atomic E-state index is 0.251. The third kappa shape index (κ3) is 3.82. The van der Waals surface area contributed by atoms with Crippen molar-refractivity contribution in [3.8, 4) is 22.7 Å². The van der Waals surface area contributed by atoms with Crippen molar-refractivity contribution in [1.82, 2.24) is 20.4 Å². The molecule has 0 radical (unpaired) electrons. The summed E-state index contributed by atoms with van der Waals surface area (Å²) < 4.78 is 7.50. The minimum atomic E-state index is -0.251. The van der Waals surface area contributed by atoms with Crippen molar-refractivity contribution >= 4 is 17.6 Å². The van der Waals surface area contributed by atoms with Gasteiger partial charge in [0.1, 0.15) is 5.75 Å². The molecule has 0 bridgehead atoms. The van der Waals surface area contributed by atoms with Crippen LogP contribution in [-0.2, 0) is 13.0 Å². The Morgan fingerprint density at radius 2 is 2.14 bits per heavy atom. The van der Waals surface area contributed by atoms with Gasteiger partial charge >= 0.3 is 6.03 Å². The number of benzene rings is 2. The fraction of sp³-hybridized carbons (Fsp3) is 0.238. The first-order chi connectivity index (χ1) is 13.6. The number of ether oxygens (including phenoxy) is 1. The van der Waals surface area contributed by atoms with E-state index >= 15 is 0 Å². The number of nitrogens with zero attached hydrogens (tertiary/aromatic N) is 2. The summed E-state index contributed by atoms with van der Waals surface area (Å²) in [5.74, 6) is 0.973. The Morgan fingerprint density at radius 1 is 1.25 bits per heavy atom. The number of aryl methyl sites for hydroxylation is 1. The molecule has 0 spiro atoms. The highest BCUT2D eigenvalue weighted by molar-refractivity contribution is 6.31. The Bertz CT molecular complexity index is 1020. The zero-order valence-electron chi connectivity index (χ0n) is 15.5. The number of fused-ring (bicyclic) bond motifs is 1. The number of nitrogens with one attached hydrogen (secondary N) is 2. The van der Waals surface area contributed by atoms with E-state index < -0.39 is 0 Å². The maximum Gasteiger partial charge on any atom is 0.314 e. The highest BCUT2D eigenvalue weighted by atomic mass is 35.5. The topological polar surface area (TPSA) is 68.2 Å². The average Bonchev–Trinajstić information content (AvgIpc) is 3.23. The van der Waals surface area contributed by atoms with Gasteiger partial charge in [0.25, 0.3) is 0 Å². The summed E-state index contributed by atoms with van der Waals surface area (Å²) >= 11 is 6.27. The molecule has 7 heteroatoms. The summed E-state index contributed by atoms with van der Waals surface area (Å²) in [6.45, 7) is 1.12. The molecule has 2 amide bonds. The third-order valence-electron chi connectivity index (χ3n) is 4.75. The van der Waals surface area contributed by atoms with E-state index in [1.165, 1.54) is 5.56 Å². The maximum atomic E-state index is 11.4.